The van der Waals surface area contributed by atoms with E-state index < -0.39 is 30.0 Å². The van der Waals surface area contributed by atoms with Crippen LogP contribution < -0.4 is 10.6 Å². The van der Waals surface area contributed by atoms with Crippen molar-refractivity contribution in [3.8, 4) is 11.5 Å². The summed E-state index contributed by atoms with van der Waals surface area (Å²) in [6, 6.07) is 16.9. The number of carbonyl (C=O) groups excluding carboxylic acids is 3. The van der Waals surface area contributed by atoms with Crippen molar-refractivity contribution in [1.29, 1.82) is 0 Å². The van der Waals surface area contributed by atoms with Gasteiger partial charge in [-0.15, -0.1) is 0 Å². The van der Waals surface area contributed by atoms with E-state index in [0.717, 1.165) is 11.1 Å². The smallest absolute Gasteiger partial charge is 0.342 e. The topological polar surface area (TPSA) is 125 Å². The normalized spacial score (nSPS) is 10.4. The molecule has 2 amide bonds. The molecule has 0 atom stereocenters. The van der Waals surface area contributed by atoms with Crippen molar-refractivity contribution in [3.05, 3.63) is 88.5 Å². The molecular formula is C25H24N2O6. The molecule has 0 saturated carbocycles. The third-order valence-electron chi connectivity index (χ3n) is 4.93. The number of aromatic hydroxyl groups is 2. The molecule has 4 N–H and O–H groups in total. The van der Waals surface area contributed by atoms with E-state index in [2.05, 4.69) is 10.6 Å². The van der Waals surface area contributed by atoms with Crippen LogP contribution in [0.5, 0.6) is 11.5 Å². The van der Waals surface area contributed by atoms with E-state index in [9.17, 15) is 24.6 Å². The number of benzene rings is 3. The molecule has 0 aliphatic rings. The number of esters is 1. The summed E-state index contributed by atoms with van der Waals surface area (Å²) < 4.78 is 4.93. The molecule has 0 aromatic heterocycles. The predicted octanol–water partition coefficient (Wildman–Crippen LogP) is 3.44. The Morgan fingerprint density at radius 2 is 1.55 bits per heavy atom. The van der Waals surface area contributed by atoms with Gasteiger partial charge in [-0.05, 0) is 43.2 Å². The van der Waals surface area contributed by atoms with Crippen LogP contribution in [0.2, 0.25) is 0 Å². The van der Waals surface area contributed by atoms with E-state index in [1.54, 1.807) is 31.2 Å². The van der Waals surface area contributed by atoms with Gasteiger partial charge in [0.05, 0.1) is 11.3 Å². The predicted molar refractivity (Wildman–Crippen MR) is 122 cm³/mol. The second-order valence-corrected chi connectivity index (χ2v) is 7.47. The zero-order valence-corrected chi connectivity index (χ0v) is 18.2. The van der Waals surface area contributed by atoms with Crippen LogP contribution >= 0.6 is 0 Å². The number of phenolic OH excluding ortho intramolecular Hbond substituents is 2. The first-order valence-corrected chi connectivity index (χ1v) is 10.2. The van der Waals surface area contributed by atoms with Crippen LogP contribution in [0.1, 0.15) is 37.4 Å². The van der Waals surface area contributed by atoms with Gasteiger partial charge in [-0.25, -0.2) is 4.79 Å². The molecular weight excluding hydrogens is 424 g/mol. The first kappa shape index (κ1) is 23.3. The fourth-order valence-electron chi connectivity index (χ4n) is 3.01. The van der Waals surface area contributed by atoms with Gasteiger partial charge in [-0.3, -0.25) is 9.59 Å². The van der Waals surface area contributed by atoms with Crippen molar-refractivity contribution in [2.24, 2.45) is 0 Å². The molecule has 8 heteroatoms. The lowest BCUT2D eigenvalue weighted by Gasteiger charge is -2.12. The first-order chi connectivity index (χ1) is 15.8. The van der Waals surface area contributed by atoms with Gasteiger partial charge < -0.3 is 25.6 Å². The summed E-state index contributed by atoms with van der Waals surface area (Å²) in [7, 11) is 0. The summed E-state index contributed by atoms with van der Waals surface area (Å²) in [5.41, 5.74) is 2.70. The Labute approximate surface area is 190 Å². The van der Waals surface area contributed by atoms with Gasteiger partial charge in [0.2, 0.25) is 0 Å². The molecule has 3 aromatic carbocycles. The third-order valence-corrected chi connectivity index (χ3v) is 4.93. The summed E-state index contributed by atoms with van der Waals surface area (Å²) in [5.74, 6) is -3.06. The average Bonchev–Trinajstić information content (AvgIpc) is 2.81. The molecule has 33 heavy (non-hydrogen) atoms. The Kier molecular flexibility index (Phi) is 7.30. The minimum atomic E-state index is -0.970. The van der Waals surface area contributed by atoms with Gasteiger partial charge in [-0.2, -0.15) is 0 Å². The minimum Gasteiger partial charge on any atom is -0.504 e. The summed E-state index contributed by atoms with van der Waals surface area (Å²) in [6.07, 6.45) is 0. The number of hydrogen-bond acceptors (Lipinski definition) is 6. The largest absolute Gasteiger partial charge is 0.504 e. The van der Waals surface area contributed by atoms with Crippen LogP contribution in [0.25, 0.3) is 0 Å². The Hall–Kier alpha value is -4.33. The Morgan fingerprint density at radius 3 is 2.27 bits per heavy atom. The van der Waals surface area contributed by atoms with Gasteiger partial charge >= 0.3 is 5.97 Å². The molecule has 170 valence electrons. The Bertz CT molecular complexity index is 1190. The van der Waals surface area contributed by atoms with Crippen LogP contribution in [0.4, 0.5) is 5.69 Å². The van der Waals surface area contributed by atoms with Gasteiger partial charge in [0, 0.05) is 6.54 Å². The van der Waals surface area contributed by atoms with Crippen LogP contribution in [0, 0.1) is 13.8 Å². The number of ether oxygens (including phenoxy) is 1. The van der Waals surface area contributed by atoms with Crippen LogP contribution in [0.15, 0.2) is 60.7 Å². The highest BCUT2D eigenvalue weighted by atomic mass is 16.5. The zero-order valence-electron chi connectivity index (χ0n) is 18.2. The summed E-state index contributed by atoms with van der Waals surface area (Å²) in [4.78, 5) is 37.1. The number of rotatable bonds is 7. The van der Waals surface area contributed by atoms with E-state index in [0.29, 0.717) is 12.1 Å². The summed E-state index contributed by atoms with van der Waals surface area (Å²) >= 11 is 0. The maximum Gasteiger partial charge on any atom is 0.342 e. The van der Waals surface area contributed by atoms with Gasteiger partial charge in [0.25, 0.3) is 11.8 Å². The number of nitrogens with one attached hydrogen (secondary N) is 2. The highest BCUT2D eigenvalue weighted by Gasteiger charge is 2.19. The molecule has 0 saturated heterocycles. The van der Waals surface area contributed by atoms with Gasteiger partial charge in [-0.1, -0.05) is 48.0 Å². The molecule has 0 unspecified atom stereocenters. The molecule has 0 radical (unpaired) electrons. The lowest BCUT2D eigenvalue weighted by atomic mass is 10.1. The van der Waals surface area contributed by atoms with E-state index in [4.69, 9.17) is 4.74 Å². The number of para-hydroxylation sites is 1. The maximum atomic E-state index is 12.6. The highest BCUT2D eigenvalue weighted by Crippen LogP contribution is 2.32. The standard InChI is InChI=1S/C25H24N2O6/c1-15-7-10-17(11-8-15)13-26-24(31)18-5-3-4-6-20(18)27-21(28)14-33-25(32)19-12-9-16(2)22(29)23(19)30/h3-12,29-30H,13-14H2,1-2H3,(H,26,31)(H,27,28). The lowest BCUT2D eigenvalue weighted by molar-refractivity contribution is -0.119. The van der Waals surface area contributed by atoms with Crippen molar-refractivity contribution in [1.82, 2.24) is 5.32 Å². The van der Waals surface area contributed by atoms with Crippen molar-refractivity contribution in [2.75, 3.05) is 11.9 Å². The monoisotopic (exact) mass is 448 g/mol. The number of phenols is 2. The molecule has 3 aromatic rings. The number of anilines is 1. The molecule has 0 bridgehead atoms. The second-order valence-electron chi connectivity index (χ2n) is 7.47. The molecule has 3 rings (SSSR count). The number of aryl methyl sites for hydroxylation is 2. The van der Waals surface area contributed by atoms with E-state index in [1.807, 2.05) is 31.2 Å². The summed E-state index contributed by atoms with van der Waals surface area (Å²) in [5, 5.41) is 25.0. The molecule has 8 nitrogen and oxygen atoms in total. The first-order valence-electron chi connectivity index (χ1n) is 10.2. The van der Waals surface area contributed by atoms with Gasteiger partial charge in [0.1, 0.15) is 5.56 Å². The van der Waals surface area contributed by atoms with E-state index >= 15 is 0 Å². The fraction of sp³-hybridized carbons (Fsp3) is 0.160. The van der Waals surface area contributed by atoms with Crippen LogP contribution in [-0.4, -0.2) is 34.6 Å². The van der Waals surface area contributed by atoms with Crippen LogP contribution in [-0.2, 0) is 16.1 Å². The minimum absolute atomic E-state index is 0.255. The quantitative estimate of drug-likeness (QED) is 0.324. The van der Waals surface area contributed by atoms with Crippen molar-refractivity contribution < 1.29 is 29.3 Å². The maximum absolute atomic E-state index is 12.6. The molecule has 0 fully saturated rings. The SMILES string of the molecule is Cc1ccc(CNC(=O)c2ccccc2NC(=O)COC(=O)c2ccc(C)c(O)c2O)cc1. The Morgan fingerprint density at radius 1 is 0.848 bits per heavy atom. The fourth-order valence-corrected chi connectivity index (χ4v) is 3.01. The Balaban J connectivity index is 1.60. The average molecular weight is 448 g/mol. The van der Waals surface area contributed by atoms with Gasteiger partial charge in [0.15, 0.2) is 18.1 Å². The van der Waals surface area contributed by atoms with E-state index in [-0.39, 0.29) is 22.7 Å². The number of amides is 2. The number of carbonyl (C=O) groups is 3. The highest BCUT2D eigenvalue weighted by molar-refractivity contribution is 6.04. The second kappa shape index (κ2) is 10.3. The van der Waals surface area contributed by atoms with Crippen molar-refractivity contribution >= 4 is 23.5 Å². The molecule has 0 aliphatic carbocycles. The number of hydrogen-bond donors (Lipinski definition) is 4. The van der Waals surface area contributed by atoms with E-state index in [1.165, 1.54) is 12.1 Å². The molecule has 0 heterocycles. The summed E-state index contributed by atoms with van der Waals surface area (Å²) in [6.45, 7) is 3.22. The zero-order chi connectivity index (χ0) is 24.0. The lowest BCUT2D eigenvalue weighted by Crippen LogP contribution is -2.26. The third kappa shape index (κ3) is 5.88. The van der Waals surface area contributed by atoms with Crippen molar-refractivity contribution in [2.45, 2.75) is 20.4 Å². The van der Waals surface area contributed by atoms with Crippen LogP contribution in [0.3, 0.4) is 0 Å². The molecule has 0 aliphatic heterocycles. The van der Waals surface area contributed by atoms with Crippen molar-refractivity contribution in [3.63, 3.8) is 0 Å². The molecule has 0 spiro atoms.